The van der Waals surface area contributed by atoms with Crippen molar-refractivity contribution in [1.82, 2.24) is 38.2 Å². The lowest BCUT2D eigenvalue weighted by atomic mass is 9.92. The maximum Gasteiger partial charge on any atom is 0.351 e. The molecule has 1 amide bonds. The molecule has 0 radical (unpaired) electrons. The molecule has 16 atom stereocenters. The Morgan fingerprint density at radius 1 is 0.510 bits per heavy atom. The SMILES string of the molecule is CC[C@@]1(N=[N+]=[N-])O[C@@H](n2ccc(=O)[nH]c2=O)[C@@H](OC(=O)c2ccccc2)[C@@H]1C.CC[C@@]1(N=[N+]=[N-])O[C@@H](n2ccc(NC(=O)c3ccccc3)nc2=O)[C@@H](OC(=O)c2ccccc2)[C@@H]1C.Cc1ccn([C@@H]2O[C@@](CO)(N=[N+]=[N-])[C@@H](O)[C@@H]2O)c(=O)n1.[N-]=[N+]=N[C@]1(CO)O[C@@H](n2ccc(=O)[nH]c2=O)[C@@H](O)[C@@H]1O. The predicted molar refractivity (Wildman–Crippen MR) is 355 cm³/mol. The number of benzene rings is 3. The second-order valence-electron chi connectivity index (χ2n) is 23.2. The Balaban J connectivity index is 0.000000181. The van der Waals surface area contributed by atoms with Gasteiger partial charge in [-0.25, -0.2) is 28.8 Å². The Morgan fingerprint density at radius 3 is 1.24 bits per heavy atom. The molecule has 7 aromatic rings. The number of azide groups is 4. The molecule has 4 fully saturated rings. The molecule has 0 bridgehead atoms. The molecule has 104 heavy (non-hydrogen) atoms. The average Bonchev–Trinajstić information content (AvgIpc) is 1.63. The number of H-pyrrole nitrogens is 2. The van der Waals surface area contributed by atoms with E-state index in [1.54, 1.807) is 126 Å². The Morgan fingerprint density at radius 2 is 0.856 bits per heavy atom. The summed E-state index contributed by atoms with van der Waals surface area (Å²) in [6.45, 7) is 6.85. The highest BCUT2D eigenvalue weighted by Crippen LogP contribution is 2.48. The van der Waals surface area contributed by atoms with E-state index in [1.165, 1.54) is 30.7 Å². The first kappa shape index (κ1) is 77.8. The van der Waals surface area contributed by atoms with Crippen molar-refractivity contribution in [3.63, 3.8) is 0 Å². The fourth-order valence-electron chi connectivity index (χ4n) is 11.4. The van der Waals surface area contributed by atoms with Crippen molar-refractivity contribution < 1.29 is 73.4 Å². The van der Waals surface area contributed by atoms with Gasteiger partial charge in [0, 0.05) is 79.7 Å². The number of ether oxygens (including phenoxy) is 6. The average molecular weight is 1440 g/mol. The summed E-state index contributed by atoms with van der Waals surface area (Å²) in [6, 6.07) is 30.4. The van der Waals surface area contributed by atoms with Gasteiger partial charge in [-0.05, 0) is 90.4 Å². The molecular weight excluding hydrogens is 1370 g/mol. The maximum atomic E-state index is 13.0. The lowest BCUT2D eigenvalue weighted by Gasteiger charge is -2.26. The summed E-state index contributed by atoms with van der Waals surface area (Å²) < 4.78 is 37.9. The van der Waals surface area contributed by atoms with Gasteiger partial charge in [-0.1, -0.05) is 103 Å². The first-order valence-corrected chi connectivity index (χ1v) is 31.3. The number of anilines is 1. The summed E-state index contributed by atoms with van der Waals surface area (Å²) in [4.78, 5) is 131. The second-order valence-corrected chi connectivity index (χ2v) is 23.2. The van der Waals surface area contributed by atoms with Crippen LogP contribution in [0.5, 0.6) is 0 Å². The quantitative estimate of drug-likeness (QED) is 0.0258. The van der Waals surface area contributed by atoms with Crippen LogP contribution in [0, 0.1) is 18.8 Å². The molecule has 9 N–H and O–H groups in total. The zero-order chi connectivity index (χ0) is 75.8. The van der Waals surface area contributed by atoms with E-state index in [0.29, 0.717) is 28.8 Å². The number of rotatable bonds is 18. The third kappa shape index (κ3) is 16.5. The van der Waals surface area contributed by atoms with Crippen LogP contribution in [0.15, 0.2) is 189 Å². The number of hydrogen-bond acceptors (Lipinski definition) is 27. The number of aryl methyl sites for hydroxylation is 1. The van der Waals surface area contributed by atoms with E-state index in [-0.39, 0.29) is 12.2 Å². The number of aromatic nitrogens is 8. The summed E-state index contributed by atoms with van der Waals surface area (Å²) in [5.74, 6) is -2.72. The Kier molecular flexibility index (Phi) is 25.2. The van der Waals surface area contributed by atoms with Crippen LogP contribution in [0.25, 0.3) is 41.8 Å². The summed E-state index contributed by atoms with van der Waals surface area (Å²) in [6.07, 6.45) is -7.85. The number of nitrogens with zero attached hydrogens (tertiary/aromatic N) is 18. The molecular formula is C62H67N21O21. The molecule has 3 aromatic carbocycles. The summed E-state index contributed by atoms with van der Waals surface area (Å²) >= 11 is 0. The standard InChI is InChI=1S/C25H24N6O5.C18H19N5O5.C10H13N5O5.C9H11N5O6/c1-3-25(29-30-26)16(2)20(35-23(33)18-12-8-5-9-13-18)22(36-25)31-15-14-19(28-24(31)34)27-21(32)17-10-6-4-7-11-17;1-3-18(21-22-19)11(2)14(27-16(25)12-7-5-4-6-8-12)15(28-18)23-10-9-13(24)20-17(23)26;1-5-2-3-15(9(19)12-5)8-6(17)7(18)10(4-16,20-8)13-14-11;10-13-12-9(3-15)6(18)5(17)7(20-9)14-2-1-4(16)11-8(14)19/h4-16,20,22H,3H2,1-2H3,(H,27,28,32,34);4-11,14-15H,3H2,1-2H3,(H,20,24,26);2-3,6-8,16-18H,4H2,1H3;1-2,5-7,15,17-18H,3H2,(H,11,16,19)/t16-,20-,22+,25+;11-,14-,15+,18+;6-,7-,8+,10+;5-,6-,7+,9+/m0000/s1. The summed E-state index contributed by atoms with van der Waals surface area (Å²) in [7, 11) is 0. The van der Waals surface area contributed by atoms with Gasteiger partial charge in [0.1, 0.15) is 30.2 Å². The van der Waals surface area contributed by atoms with Crippen LogP contribution >= 0.6 is 0 Å². The van der Waals surface area contributed by atoms with Gasteiger partial charge in [0.15, 0.2) is 48.6 Å². The zero-order valence-corrected chi connectivity index (χ0v) is 55.4. The van der Waals surface area contributed by atoms with Crippen molar-refractivity contribution in [1.29, 1.82) is 0 Å². The third-order valence-electron chi connectivity index (χ3n) is 17.1. The van der Waals surface area contributed by atoms with Crippen LogP contribution in [0.3, 0.4) is 0 Å². The highest BCUT2D eigenvalue weighted by molar-refractivity contribution is 6.03. The molecule has 42 nitrogen and oxygen atoms in total. The molecule has 0 aliphatic carbocycles. The number of esters is 2. The van der Waals surface area contributed by atoms with E-state index in [1.807, 2.05) is 4.98 Å². The van der Waals surface area contributed by atoms with E-state index in [4.69, 9.17) is 50.5 Å². The molecule has 4 aromatic heterocycles. The third-order valence-corrected chi connectivity index (χ3v) is 17.1. The van der Waals surface area contributed by atoms with E-state index < -0.39 is 161 Å². The largest absolute Gasteiger partial charge is 0.454 e. The highest BCUT2D eigenvalue weighted by atomic mass is 16.6. The number of aliphatic hydroxyl groups is 6. The van der Waals surface area contributed by atoms with Crippen molar-refractivity contribution in [2.45, 2.75) is 132 Å². The van der Waals surface area contributed by atoms with Gasteiger partial charge in [-0.15, -0.1) is 0 Å². The van der Waals surface area contributed by atoms with Crippen LogP contribution < -0.4 is 39.2 Å². The number of carbonyl (C=O) groups is 3. The van der Waals surface area contributed by atoms with Gasteiger partial charge < -0.3 is 64.4 Å². The number of nitrogens with one attached hydrogen (secondary N) is 3. The fourth-order valence-corrected chi connectivity index (χ4v) is 11.4. The first-order valence-electron chi connectivity index (χ1n) is 31.3. The predicted octanol–water partition coefficient (Wildman–Crippen LogP) is 3.23. The normalized spacial score (nSPS) is 27.7. The van der Waals surface area contributed by atoms with Crippen molar-refractivity contribution in [3.05, 3.63) is 267 Å². The van der Waals surface area contributed by atoms with Gasteiger partial charge in [0.2, 0.25) is 11.4 Å². The first-order chi connectivity index (χ1) is 49.7. The minimum atomic E-state index is -2.10. The number of hydrogen-bond donors (Lipinski definition) is 9. The molecule has 0 unspecified atom stereocenters. The molecule has 0 spiro atoms. The van der Waals surface area contributed by atoms with Crippen molar-refractivity contribution in [2.24, 2.45) is 32.3 Å². The number of amides is 1. The fraction of sp³-hybridized carbons (Fsp3) is 0.403. The Hall–Kier alpha value is -12.0. The Bertz CT molecular complexity index is 4830. The maximum absolute atomic E-state index is 13.0. The molecule has 11 rings (SSSR count). The van der Waals surface area contributed by atoms with Crippen molar-refractivity contribution in [3.8, 4) is 0 Å². The molecule has 4 saturated heterocycles. The molecule has 42 heteroatoms. The minimum absolute atomic E-state index is 0.0470. The van der Waals surface area contributed by atoms with Crippen molar-refractivity contribution >= 4 is 23.7 Å². The lowest BCUT2D eigenvalue weighted by molar-refractivity contribution is -0.125. The number of aromatic amines is 2. The van der Waals surface area contributed by atoms with E-state index in [0.717, 1.165) is 36.6 Å². The van der Waals surface area contributed by atoms with E-state index >= 15 is 0 Å². The monoisotopic (exact) mass is 1440 g/mol. The highest BCUT2D eigenvalue weighted by Gasteiger charge is 2.58. The van der Waals surface area contributed by atoms with Gasteiger partial charge in [-0.3, -0.25) is 42.6 Å². The summed E-state index contributed by atoms with van der Waals surface area (Å²) in [5.41, 5.74) is 25.5. The van der Waals surface area contributed by atoms with Crippen LogP contribution in [-0.4, -0.2) is 159 Å². The number of carbonyl (C=O) groups excluding carboxylic acids is 3. The van der Waals surface area contributed by atoms with Crippen LogP contribution in [0.4, 0.5) is 5.82 Å². The van der Waals surface area contributed by atoms with Gasteiger partial charge in [0.25, 0.3) is 17.0 Å². The van der Waals surface area contributed by atoms with Crippen LogP contribution in [-0.2, 0) is 28.4 Å². The zero-order valence-electron chi connectivity index (χ0n) is 55.4. The lowest BCUT2D eigenvalue weighted by Crippen LogP contribution is -2.44. The smallest absolute Gasteiger partial charge is 0.351 e. The van der Waals surface area contributed by atoms with E-state index in [9.17, 15) is 73.8 Å². The number of aliphatic hydroxyl groups excluding tert-OH is 6. The molecule has 4 aliphatic heterocycles. The van der Waals surface area contributed by atoms with Gasteiger partial charge in [0.05, 0.1) is 24.3 Å². The van der Waals surface area contributed by atoms with Crippen LogP contribution in [0.1, 0.15) is 102 Å². The van der Waals surface area contributed by atoms with Gasteiger partial charge in [-0.2, -0.15) is 9.97 Å². The van der Waals surface area contributed by atoms with Gasteiger partial charge >= 0.3 is 34.7 Å². The molecule has 0 saturated carbocycles. The Labute approximate surface area is 583 Å². The van der Waals surface area contributed by atoms with Crippen LogP contribution in [0.2, 0.25) is 0 Å². The molecule has 546 valence electrons. The molecule has 4 aliphatic rings. The van der Waals surface area contributed by atoms with E-state index in [2.05, 4.69) is 60.4 Å². The van der Waals surface area contributed by atoms with Crippen molar-refractivity contribution in [2.75, 3.05) is 18.5 Å². The molecule has 8 heterocycles. The topological polar surface area (TPSA) is 615 Å². The second kappa shape index (κ2) is 33.7. The minimum Gasteiger partial charge on any atom is -0.454 e. The summed E-state index contributed by atoms with van der Waals surface area (Å²) in [5, 5.41) is 74.5.